The van der Waals surface area contributed by atoms with Crippen LogP contribution in [0.25, 0.3) is 22.3 Å². The van der Waals surface area contributed by atoms with Gasteiger partial charge in [-0.05, 0) is 49.6 Å². The van der Waals surface area contributed by atoms with Crippen molar-refractivity contribution in [2.24, 2.45) is 0 Å². The molecule has 0 aliphatic carbocycles. The summed E-state index contributed by atoms with van der Waals surface area (Å²) in [6, 6.07) is 13.2. The summed E-state index contributed by atoms with van der Waals surface area (Å²) in [7, 11) is 1.56. The first-order chi connectivity index (χ1) is 14.0. The molecular formula is C22H24N4O3. The number of aryl methyl sites for hydroxylation is 1. The van der Waals surface area contributed by atoms with Crippen molar-refractivity contribution in [2.45, 2.75) is 25.9 Å². The first-order valence-electron chi connectivity index (χ1n) is 9.75. The van der Waals surface area contributed by atoms with Crippen LogP contribution in [0, 0.1) is 6.92 Å². The lowest BCUT2D eigenvalue weighted by molar-refractivity contribution is 0.0900. The van der Waals surface area contributed by atoms with Gasteiger partial charge in [0.25, 0.3) is 0 Å². The largest absolute Gasteiger partial charge is 0.507 e. The predicted octanol–water partition coefficient (Wildman–Crippen LogP) is 3.64. The topological polar surface area (TPSA) is 87.6 Å². The highest BCUT2D eigenvalue weighted by molar-refractivity contribution is 5.92. The van der Waals surface area contributed by atoms with Gasteiger partial charge in [-0.15, -0.1) is 0 Å². The number of hydrogen-bond donors (Lipinski definition) is 2. The monoisotopic (exact) mass is 392 g/mol. The maximum atomic E-state index is 11.6. The predicted molar refractivity (Wildman–Crippen MR) is 112 cm³/mol. The van der Waals surface area contributed by atoms with Crippen LogP contribution in [0.3, 0.4) is 0 Å². The summed E-state index contributed by atoms with van der Waals surface area (Å²) in [6.07, 6.45) is 1.09. The van der Waals surface area contributed by atoms with Crippen molar-refractivity contribution in [3.05, 3.63) is 48.0 Å². The number of amides is 1. The minimum absolute atomic E-state index is 0.143. The number of piperidine rings is 1. The number of rotatable bonds is 3. The van der Waals surface area contributed by atoms with Crippen LogP contribution in [0.15, 0.2) is 42.5 Å². The Balaban J connectivity index is 1.78. The van der Waals surface area contributed by atoms with E-state index in [0.29, 0.717) is 17.9 Å². The summed E-state index contributed by atoms with van der Waals surface area (Å²) >= 11 is 0. The average molecular weight is 392 g/mol. The number of carbonyl (C=O) groups excluding carboxylic acids is 1. The van der Waals surface area contributed by atoms with Crippen molar-refractivity contribution in [3.63, 3.8) is 0 Å². The molecule has 1 fully saturated rings. The molecule has 0 bridgehead atoms. The van der Waals surface area contributed by atoms with Crippen molar-refractivity contribution < 1.29 is 14.6 Å². The van der Waals surface area contributed by atoms with E-state index >= 15 is 0 Å². The molecule has 2 aromatic carbocycles. The molecular weight excluding hydrogens is 368 g/mol. The smallest absolute Gasteiger partial charge is 0.407 e. The van der Waals surface area contributed by atoms with E-state index in [1.807, 2.05) is 37.3 Å². The summed E-state index contributed by atoms with van der Waals surface area (Å²) in [6.45, 7) is 3.40. The number of phenolic OH excluding ortho intramolecular Hbond substituents is 1. The molecule has 1 amide bonds. The second-order valence-electron chi connectivity index (χ2n) is 7.27. The van der Waals surface area contributed by atoms with E-state index in [1.165, 1.54) is 0 Å². The lowest BCUT2D eigenvalue weighted by atomic mass is 10.1. The molecule has 2 N–H and O–H groups in total. The van der Waals surface area contributed by atoms with Gasteiger partial charge < -0.3 is 20.1 Å². The van der Waals surface area contributed by atoms with Gasteiger partial charge in [-0.2, -0.15) is 0 Å². The Morgan fingerprint density at radius 3 is 2.86 bits per heavy atom. The summed E-state index contributed by atoms with van der Waals surface area (Å²) in [5, 5.41) is 13.7. The SMILES string of the molecule is CNC(=O)OC1CCCN(c2nc(-c3ccccc3O)nc3cc(C)ccc23)C1. The third-order valence-corrected chi connectivity index (χ3v) is 5.13. The quantitative estimate of drug-likeness (QED) is 0.708. The number of para-hydroxylation sites is 1. The summed E-state index contributed by atoms with van der Waals surface area (Å²) in [5.41, 5.74) is 2.51. The minimum atomic E-state index is -0.421. The zero-order valence-electron chi connectivity index (χ0n) is 16.6. The molecule has 1 unspecified atom stereocenters. The summed E-state index contributed by atoms with van der Waals surface area (Å²) in [5.74, 6) is 1.41. The number of fused-ring (bicyclic) bond motifs is 1. The number of nitrogens with one attached hydrogen (secondary N) is 1. The number of aromatic nitrogens is 2. The third-order valence-electron chi connectivity index (χ3n) is 5.13. The Morgan fingerprint density at radius 1 is 1.24 bits per heavy atom. The molecule has 7 nitrogen and oxygen atoms in total. The summed E-state index contributed by atoms with van der Waals surface area (Å²) in [4.78, 5) is 23.3. The Labute approximate surface area is 169 Å². The molecule has 2 heterocycles. The van der Waals surface area contributed by atoms with Gasteiger partial charge in [0.1, 0.15) is 17.7 Å². The number of carbonyl (C=O) groups is 1. The number of nitrogens with zero attached hydrogens (tertiary/aromatic N) is 3. The average Bonchev–Trinajstić information content (AvgIpc) is 2.73. The Bertz CT molecular complexity index is 1050. The molecule has 150 valence electrons. The normalized spacial score (nSPS) is 16.6. The Hall–Kier alpha value is -3.35. The molecule has 1 aliphatic heterocycles. The molecule has 3 aromatic rings. The van der Waals surface area contributed by atoms with Gasteiger partial charge in [0, 0.05) is 19.0 Å². The number of benzene rings is 2. The van der Waals surface area contributed by atoms with E-state index in [0.717, 1.165) is 41.7 Å². The van der Waals surface area contributed by atoms with Crippen LogP contribution in [-0.2, 0) is 4.74 Å². The molecule has 4 rings (SSSR count). The van der Waals surface area contributed by atoms with E-state index < -0.39 is 6.09 Å². The number of phenols is 1. The van der Waals surface area contributed by atoms with Gasteiger partial charge in [-0.25, -0.2) is 14.8 Å². The molecule has 1 saturated heterocycles. The van der Waals surface area contributed by atoms with E-state index in [1.54, 1.807) is 19.2 Å². The highest BCUT2D eigenvalue weighted by Crippen LogP contribution is 2.33. The first kappa shape index (κ1) is 19.0. The van der Waals surface area contributed by atoms with Crippen LogP contribution in [-0.4, -0.2) is 47.4 Å². The second kappa shape index (κ2) is 7.95. The zero-order chi connectivity index (χ0) is 20.4. The van der Waals surface area contributed by atoms with E-state index in [9.17, 15) is 9.90 Å². The van der Waals surface area contributed by atoms with Crippen molar-refractivity contribution in [1.29, 1.82) is 0 Å². The maximum absolute atomic E-state index is 11.6. The maximum Gasteiger partial charge on any atom is 0.407 e. The first-order valence-corrected chi connectivity index (χ1v) is 9.75. The fraction of sp³-hybridized carbons (Fsp3) is 0.318. The standard InChI is InChI=1S/C22H24N4O3/c1-14-9-10-16-18(12-14)24-20(17-7-3-4-8-19(17)27)25-21(16)26-11-5-6-15(13-26)29-22(28)23-2/h3-4,7-10,12,15,27H,5-6,11,13H2,1-2H3,(H,23,28). The lowest BCUT2D eigenvalue weighted by Crippen LogP contribution is -2.42. The molecule has 0 radical (unpaired) electrons. The molecule has 0 spiro atoms. The molecule has 7 heteroatoms. The molecule has 0 saturated carbocycles. The fourth-order valence-corrected chi connectivity index (χ4v) is 3.68. The molecule has 29 heavy (non-hydrogen) atoms. The van der Waals surface area contributed by atoms with Crippen LogP contribution in [0.5, 0.6) is 5.75 Å². The number of hydrogen-bond acceptors (Lipinski definition) is 6. The number of ether oxygens (including phenoxy) is 1. The van der Waals surface area contributed by atoms with Crippen LogP contribution < -0.4 is 10.2 Å². The summed E-state index contributed by atoms with van der Waals surface area (Å²) < 4.78 is 5.48. The minimum Gasteiger partial charge on any atom is -0.507 e. The van der Waals surface area contributed by atoms with E-state index in [2.05, 4.69) is 10.2 Å². The lowest BCUT2D eigenvalue weighted by Gasteiger charge is -2.33. The van der Waals surface area contributed by atoms with Gasteiger partial charge in [0.2, 0.25) is 0 Å². The number of alkyl carbamates (subject to hydrolysis) is 1. The second-order valence-corrected chi connectivity index (χ2v) is 7.27. The third kappa shape index (κ3) is 3.94. The molecule has 1 aromatic heterocycles. The van der Waals surface area contributed by atoms with Crippen molar-refractivity contribution in [3.8, 4) is 17.1 Å². The fourth-order valence-electron chi connectivity index (χ4n) is 3.68. The van der Waals surface area contributed by atoms with Crippen molar-refractivity contribution in [2.75, 3.05) is 25.0 Å². The van der Waals surface area contributed by atoms with Gasteiger partial charge in [0.05, 0.1) is 17.6 Å². The van der Waals surface area contributed by atoms with Crippen molar-refractivity contribution >= 4 is 22.8 Å². The zero-order valence-corrected chi connectivity index (χ0v) is 16.6. The van der Waals surface area contributed by atoms with Gasteiger partial charge in [-0.3, -0.25) is 0 Å². The van der Waals surface area contributed by atoms with Gasteiger partial charge in [-0.1, -0.05) is 18.2 Å². The van der Waals surface area contributed by atoms with Crippen LogP contribution in [0.2, 0.25) is 0 Å². The molecule has 1 atom stereocenters. The highest BCUT2D eigenvalue weighted by Gasteiger charge is 2.26. The van der Waals surface area contributed by atoms with Crippen LogP contribution >= 0.6 is 0 Å². The number of anilines is 1. The number of aromatic hydroxyl groups is 1. The van der Waals surface area contributed by atoms with Gasteiger partial charge >= 0.3 is 6.09 Å². The molecule has 1 aliphatic rings. The Morgan fingerprint density at radius 2 is 2.07 bits per heavy atom. The highest BCUT2D eigenvalue weighted by atomic mass is 16.6. The van der Waals surface area contributed by atoms with Crippen LogP contribution in [0.1, 0.15) is 18.4 Å². The van der Waals surface area contributed by atoms with Crippen LogP contribution in [0.4, 0.5) is 10.6 Å². The van der Waals surface area contributed by atoms with Gasteiger partial charge in [0.15, 0.2) is 5.82 Å². The van der Waals surface area contributed by atoms with Crippen molar-refractivity contribution in [1.82, 2.24) is 15.3 Å². The Kier molecular flexibility index (Phi) is 5.20. The van der Waals surface area contributed by atoms with E-state index in [-0.39, 0.29) is 11.9 Å². The van der Waals surface area contributed by atoms with E-state index in [4.69, 9.17) is 14.7 Å².